The van der Waals surface area contributed by atoms with Crippen LogP contribution in [0.3, 0.4) is 0 Å². The van der Waals surface area contributed by atoms with Crippen LogP contribution < -0.4 is 9.64 Å². The molecule has 0 aliphatic carbocycles. The van der Waals surface area contributed by atoms with E-state index >= 15 is 4.39 Å². The maximum Gasteiger partial charge on any atom is 0.417 e. The number of phenols is 1. The van der Waals surface area contributed by atoms with Crippen LogP contribution in [0.1, 0.15) is 17.0 Å². The van der Waals surface area contributed by atoms with E-state index < -0.39 is 57.9 Å². The van der Waals surface area contributed by atoms with E-state index in [0.717, 1.165) is 35.7 Å². The first kappa shape index (κ1) is 29.6. The third-order valence-corrected chi connectivity index (χ3v) is 7.39. The highest BCUT2D eigenvalue weighted by Crippen LogP contribution is 2.41. The Morgan fingerprint density at radius 2 is 2.07 bits per heavy atom. The summed E-state index contributed by atoms with van der Waals surface area (Å²) >= 11 is 1.14. The molecule has 1 aliphatic heterocycles. The summed E-state index contributed by atoms with van der Waals surface area (Å²) in [6.07, 6.45) is -1.47. The molecule has 3 aromatic heterocycles. The quantitative estimate of drug-likeness (QED) is 0.236. The minimum atomic E-state index is -4.87. The molecule has 0 spiro atoms. The van der Waals surface area contributed by atoms with E-state index in [9.17, 15) is 32.7 Å². The second kappa shape index (κ2) is 11.8. The van der Waals surface area contributed by atoms with E-state index in [0.29, 0.717) is 11.1 Å². The predicted molar refractivity (Wildman–Crippen MR) is 145 cm³/mol. The number of halogens is 5. The summed E-state index contributed by atoms with van der Waals surface area (Å²) < 4.78 is 77.0. The van der Waals surface area contributed by atoms with E-state index in [4.69, 9.17) is 4.74 Å². The number of phenolic OH excluding ortho intramolecular Hbond substituents is 1. The molecule has 1 unspecified atom stereocenters. The van der Waals surface area contributed by atoms with Gasteiger partial charge in [-0.25, -0.2) is 13.8 Å². The van der Waals surface area contributed by atoms with Crippen LogP contribution in [0.4, 0.5) is 27.8 Å². The smallest absolute Gasteiger partial charge is 0.417 e. The zero-order valence-electron chi connectivity index (χ0n) is 22.1. The average Bonchev–Trinajstić information content (AvgIpc) is 3.49. The van der Waals surface area contributed by atoms with Crippen molar-refractivity contribution in [2.24, 2.45) is 0 Å². The van der Waals surface area contributed by atoms with Crippen LogP contribution in [0.15, 0.2) is 41.8 Å². The Labute approximate surface area is 244 Å². The summed E-state index contributed by atoms with van der Waals surface area (Å²) in [4.78, 5) is 31.9. The number of fused-ring (bicyclic) bond motifs is 1. The molecule has 1 amide bonds. The molecule has 1 saturated heterocycles. The fraction of sp³-hybridized carbons (Fsp3) is 0.259. The molecule has 0 radical (unpaired) electrons. The Balaban J connectivity index is 1.54. The Morgan fingerprint density at radius 3 is 2.74 bits per heavy atom. The molecule has 0 saturated carbocycles. The first-order valence-electron chi connectivity index (χ1n) is 12.5. The van der Waals surface area contributed by atoms with Crippen molar-refractivity contribution in [1.82, 2.24) is 24.8 Å². The minimum absolute atomic E-state index is 0.0149. The number of nitriles is 1. The summed E-state index contributed by atoms with van der Waals surface area (Å²) in [6, 6.07) is 3.08. The van der Waals surface area contributed by atoms with Gasteiger partial charge in [-0.3, -0.25) is 9.78 Å². The Hall–Kier alpha value is -4.91. The number of amides is 1. The highest BCUT2D eigenvalue weighted by molar-refractivity contribution is 7.10. The van der Waals surface area contributed by atoms with Crippen molar-refractivity contribution in [3.05, 3.63) is 58.2 Å². The minimum Gasteiger partial charge on any atom is -0.508 e. The molecule has 222 valence electrons. The van der Waals surface area contributed by atoms with Gasteiger partial charge in [0.1, 0.15) is 27.8 Å². The molecule has 10 nitrogen and oxygen atoms in total. The number of pyridine rings is 1. The summed E-state index contributed by atoms with van der Waals surface area (Å²) in [5.74, 6) is -3.64. The van der Waals surface area contributed by atoms with Crippen molar-refractivity contribution in [2.75, 3.05) is 31.6 Å². The molecule has 43 heavy (non-hydrogen) atoms. The van der Waals surface area contributed by atoms with Gasteiger partial charge in [-0.05, 0) is 18.2 Å². The standard InChI is InChI=1S/C27H20F5N7O3S/c1-42-26-36-23-17(12-35-22(21(23)29)16-10-15(40)2-3-18(16)27(30,31)32)24(37-26)38-7-8-39(14(13-38)4-5-33)25(41)19(28)11-20-34-6-9-43-20/h2-3,6,9-12,14,40H,4,7-8,13H2,1H3/b19-11-. The third kappa shape index (κ3) is 5.89. The highest BCUT2D eigenvalue weighted by Gasteiger charge is 2.36. The summed E-state index contributed by atoms with van der Waals surface area (Å²) in [7, 11) is 1.22. The van der Waals surface area contributed by atoms with Crippen molar-refractivity contribution in [3.63, 3.8) is 0 Å². The van der Waals surface area contributed by atoms with E-state index in [1.165, 1.54) is 18.2 Å². The second-order valence-corrected chi connectivity index (χ2v) is 10.2. The lowest BCUT2D eigenvalue weighted by molar-refractivity contribution is -0.137. The fourth-order valence-corrected chi connectivity index (χ4v) is 5.28. The van der Waals surface area contributed by atoms with Crippen LogP contribution in [0, 0.1) is 17.1 Å². The van der Waals surface area contributed by atoms with Gasteiger partial charge in [-0.1, -0.05) is 0 Å². The number of carbonyl (C=O) groups is 1. The molecule has 0 bridgehead atoms. The van der Waals surface area contributed by atoms with E-state index in [1.807, 2.05) is 6.07 Å². The lowest BCUT2D eigenvalue weighted by Gasteiger charge is -2.41. The molecule has 4 heterocycles. The van der Waals surface area contributed by atoms with Crippen LogP contribution in [-0.2, 0) is 11.0 Å². The van der Waals surface area contributed by atoms with Gasteiger partial charge in [0.25, 0.3) is 5.91 Å². The molecule has 1 atom stereocenters. The number of carbonyl (C=O) groups excluding carboxylic acids is 1. The number of rotatable bonds is 6. The van der Waals surface area contributed by atoms with Crippen LogP contribution in [0.5, 0.6) is 11.8 Å². The predicted octanol–water partition coefficient (Wildman–Crippen LogP) is 4.96. The van der Waals surface area contributed by atoms with Gasteiger partial charge in [-0.2, -0.15) is 28.4 Å². The number of hydrogen-bond donors (Lipinski definition) is 1. The zero-order chi connectivity index (χ0) is 30.9. The number of nitrogens with zero attached hydrogens (tertiary/aromatic N) is 7. The Kier molecular flexibility index (Phi) is 8.09. The third-order valence-electron chi connectivity index (χ3n) is 6.67. The number of aromatic hydroxyl groups is 1. The highest BCUT2D eigenvalue weighted by atomic mass is 32.1. The largest absolute Gasteiger partial charge is 0.508 e. The Morgan fingerprint density at radius 1 is 1.28 bits per heavy atom. The monoisotopic (exact) mass is 617 g/mol. The van der Waals surface area contributed by atoms with Crippen molar-refractivity contribution in [1.29, 1.82) is 5.26 Å². The molecular formula is C27H20F5N7O3S. The maximum absolute atomic E-state index is 15.9. The van der Waals surface area contributed by atoms with Crippen LogP contribution in [0.25, 0.3) is 28.2 Å². The van der Waals surface area contributed by atoms with E-state index in [1.54, 1.807) is 10.3 Å². The molecular weight excluding hydrogens is 597 g/mol. The second-order valence-electron chi connectivity index (χ2n) is 9.27. The summed E-state index contributed by atoms with van der Waals surface area (Å²) in [5, 5.41) is 21.2. The lowest BCUT2D eigenvalue weighted by atomic mass is 10.0. The van der Waals surface area contributed by atoms with Crippen LogP contribution >= 0.6 is 11.3 Å². The topological polar surface area (TPSA) is 128 Å². The molecule has 4 aromatic rings. The van der Waals surface area contributed by atoms with Gasteiger partial charge in [0.15, 0.2) is 11.6 Å². The first-order valence-corrected chi connectivity index (χ1v) is 13.4. The molecule has 5 rings (SSSR count). The van der Waals surface area contributed by atoms with Gasteiger partial charge >= 0.3 is 12.2 Å². The van der Waals surface area contributed by atoms with E-state index in [2.05, 4.69) is 19.9 Å². The van der Waals surface area contributed by atoms with Crippen molar-refractivity contribution < 1.29 is 36.6 Å². The number of methoxy groups -OCH3 is 1. The number of piperazine rings is 1. The SMILES string of the molecule is COc1nc(N2CCN(C(=O)/C(F)=C/c3nccs3)C(CC#N)C2)c2cnc(-c3cc(O)ccc3C(F)(F)F)c(F)c2n1. The lowest BCUT2D eigenvalue weighted by Crippen LogP contribution is -2.55. The summed E-state index contributed by atoms with van der Waals surface area (Å²) in [5.41, 5.74) is -3.02. The van der Waals surface area contributed by atoms with Crippen molar-refractivity contribution in [2.45, 2.75) is 18.6 Å². The van der Waals surface area contributed by atoms with Crippen LogP contribution in [-0.4, -0.2) is 68.6 Å². The average molecular weight is 618 g/mol. The van der Waals surface area contributed by atoms with Crippen LogP contribution in [0.2, 0.25) is 0 Å². The number of anilines is 1. The molecule has 1 aromatic carbocycles. The zero-order valence-corrected chi connectivity index (χ0v) is 23.0. The van der Waals surface area contributed by atoms with Crippen molar-refractivity contribution >= 4 is 40.0 Å². The number of hydrogen-bond acceptors (Lipinski definition) is 10. The Bertz CT molecular complexity index is 1760. The van der Waals surface area contributed by atoms with Gasteiger partial charge in [0, 0.05) is 49.0 Å². The normalized spacial score (nSPS) is 15.9. The first-order chi connectivity index (χ1) is 20.5. The number of alkyl halides is 3. The fourth-order valence-electron chi connectivity index (χ4n) is 4.73. The van der Waals surface area contributed by atoms with Crippen molar-refractivity contribution in [3.8, 4) is 29.1 Å². The van der Waals surface area contributed by atoms with Gasteiger partial charge in [-0.15, -0.1) is 11.3 Å². The number of aromatic nitrogens is 4. The summed E-state index contributed by atoms with van der Waals surface area (Å²) in [6.45, 7) is 0.0131. The number of thiazole rings is 1. The van der Waals surface area contributed by atoms with E-state index in [-0.39, 0.29) is 43.3 Å². The molecule has 1 N–H and O–H groups in total. The van der Waals surface area contributed by atoms with Gasteiger partial charge < -0.3 is 19.6 Å². The maximum atomic E-state index is 15.9. The number of benzene rings is 1. The number of ether oxygens (including phenoxy) is 1. The molecule has 1 aliphatic rings. The molecule has 16 heteroatoms. The van der Waals surface area contributed by atoms with Gasteiger partial charge in [0.05, 0.1) is 36.6 Å². The van der Waals surface area contributed by atoms with Gasteiger partial charge in [0.2, 0.25) is 0 Å². The molecule has 1 fully saturated rings.